The van der Waals surface area contributed by atoms with Crippen molar-refractivity contribution >= 4 is 6.03 Å². The molecule has 0 radical (unpaired) electrons. The van der Waals surface area contributed by atoms with E-state index in [-0.39, 0.29) is 6.03 Å². The zero-order chi connectivity index (χ0) is 12.3. The van der Waals surface area contributed by atoms with Crippen molar-refractivity contribution in [2.24, 2.45) is 17.6 Å². The van der Waals surface area contributed by atoms with Crippen molar-refractivity contribution in [2.45, 2.75) is 45.1 Å². The van der Waals surface area contributed by atoms with E-state index in [1.54, 1.807) is 4.90 Å². The summed E-state index contributed by atoms with van der Waals surface area (Å²) in [6, 6.07) is 0.314. The third-order valence-corrected chi connectivity index (χ3v) is 4.31. The quantitative estimate of drug-likeness (QED) is 0.785. The Morgan fingerprint density at radius 1 is 1.29 bits per heavy atom. The highest BCUT2D eigenvalue weighted by Gasteiger charge is 2.24. The lowest BCUT2D eigenvalue weighted by atomic mass is 10.0. The molecule has 0 aromatic rings. The molecule has 0 bridgehead atoms. The third-order valence-electron chi connectivity index (χ3n) is 4.31. The molecular formula is C13H25N3O. The topological polar surface area (TPSA) is 58.4 Å². The number of hydrogen-bond acceptors (Lipinski definition) is 2. The van der Waals surface area contributed by atoms with Crippen molar-refractivity contribution in [2.75, 3.05) is 19.6 Å². The van der Waals surface area contributed by atoms with Gasteiger partial charge in [-0.05, 0) is 44.1 Å². The van der Waals surface area contributed by atoms with Crippen molar-refractivity contribution < 1.29 is 4.79 Å². The number of carbonyl (C=O) groups is 1. The summed E-state index contributed by atoms with van der Waals surface area (Å²) in [5, 5.41) is 3.66. The maximum atomic E-state index is 11.0. The molecule has 4 nitrogen and oxygen atoms in total. The average Bonchev–Trinajstić information content (AvgIpc) is 2.73. The van der Waals surface area contributed by atoms with E-state index < -0.39 is 0 Å². The van der Waals surface area contributed by atoms with E-state index in [0.29, 0.717) is 6.04 Å². The second-order valence-corrected chi connectivity index (χ2v) is 5.79. The lowest BCUT2D eigenvalue weighted by Crippen LogP contribution is -2.47. The number of nitrogens with zero attached hydrogens (tertiary/aromatic N) is 1. The zero-order valence-electron chi connectivity index (χ0n) is 10.8. The first-order valence-electron chi connectivity index (χ1n) is 6.93. The van der Waals surface area contributed by atoms with Gasteiger partial charge in [0.2, 0.25) is 0 Å². The van der Waals surface area contributed by atoms with Crippen LogP contribution in [0.2, 0.25) is 0 Å². The van der Waals surface area contributed by atoms with Crippen LogP contribution in [0.4, 0.5) is 4.79 Å². The van der Waals surface area contributed by atoms with Crippen molar-refractivity contribution in [1.29, 1.82) is 0 Å². The first kappa shape index (κ1) is 12.7. The van der Waals surface area contributed by atoms with E-state index in [9.17, 15) is 4.79 Å². The summed E-state index contributed by atoms with van der Waals surface area (Å²) in [6.45, 7) is 5.14. The summed E-state index contributed by atoms with van der Waals surface area (Å²) in [4.78, 5) is 12.7. The van der Waals surface area contributed by atoms with Crippen LogP contribution in [-0.4, -0.2) is 36.6 Å². The molecule has 1 saturated heterocycles. The van der Waals surface area contributed by atoms with E-state index in [4.69, 9.17) is 5.73 Å². The number of primary amides is 1. The number of urea groups is 1. The summed E-state index contributed by atoms with van der Waals surface area (Å²) in [7, 11) is 0. The van der Waals surface area contributed by atoms with Crippen LogP contribution in [0.3, 0.4) is 0 Å². The summed E-state index contributed by atoms with van der Waals surface area (Å²) in [5.74, 6) is 1.79. The van der Waals surface area contributed by atoms with Gasteiger partial charge >= 0.3 is 6.03 Å². The second kappa shape index (κ2) is 5.71. The maximum absolute atomic E-state index is 11.0. The molecule has 0 aromatic heterocycles. The Morgan fingerprint density at radius 2 is 2.00 bits per heavy atom. The molecule has 17 heavy (non-hydrogen) atoms. The monoisotopic (exact) mass is 239 g/mol. The molecule has 2 amide bonds. The summed E-state index contributed by atoms with van der Waals surface area (Å²) in [5.41, 5.74) is 5.27. The normalized spacial score (nSPS) is 30.8. The highest BCUT2D eigenvalue weighted by atomic mass is 16.2. The van der Waals surface area contributed by atoms with E-state index in [1.165, 1.54) is 19.3 Å². The van der Waals surface area contributed by atoms with Gasteiger partial charge in [-0.1, -0.05) is 13.3 Å². The van der Waals surface area contributed by atoms with Gasteiger partial charge in [-0.25, -0.2) is 4.79 Å². The molecule has 1 aliphatic carbocycles. The van der Waals surface area contributed by atoms with E-state index in [0.717, 1.165) is 44.3 Å². The van der Waals surface area contributed by atoms with Gasteiger partial charge in [-0.3, -0.25) is 0 Å². The number of likely N-dealkylation sites (tertiary alicyclic amines) is 1. The summed E-state index contributed by atoms with van der Waals surface area (Å²) in [6.07, 6.45) is 6.25. The van der Waals surface area contributed by atoms with Crippen LogP contribution < -0.4 is 11.1 Å². The molecule has 2 atom stereocenters. The number of rotatable bonds is 3. The van der Waals surface area contributed by atoms with Gasteiger partial charge < -0.3 is 16.0 Å². The van der Waals surface area contributed by atoms with Gasteiger partial charge in [0, 0.05) is 19.1 Å². The number of hydrogen-bond donors (Lipinski definition) is 2. The molecule has 2 aliphatic rings. The molecule has 2 fully saturated rings. The molecule has 2 rings (SSSR count). The first-order valence-corrected chi connectivity index (χ1v) is 6.93. The number of piperidine rings is 1. The van der Waals surface area contributed by atoms with Crippen LogP contribution in [-0.2, 0) is 0 Å². The lowest BCUT2D eigenvalue weighted by molar-refractivity contribution is 0.184. The number of nitrogens with one attached hydrogen (secondary N) is 1. The predicted molar refractivity (Wildman–Crippen MR) is 68.7 cm³/mol. The zero-order valence-corrected chi connectivity index (χ0v) is 10.8. The average molecular weight is 239 g/mol. The lowest BCUT2D eigenvalue weighted by Gasteiger charge is -2.31. The number of nitrogens with two attached hydrogens (primary N) is 1. The molecule has 2 unspecified atom stereocenters. The predicted octanol–water partition coefficient (Wildman–Crippen LogP) is 1.56. The van der Waals surface area contributed by atoms with Crippen LogP contribution in [0.1, 0.15) is 39.0 Å². The fraction of sp³-hybridized carbons (Fsp3) is 0.923. The van der Waals surface area contributed by atoms with Gasteiger partial charge in [0.05, 0.1) is 0 Å². The highest BCUT2D eigenvalue weighted by Crippen LogP contribution is 2.29. The van der Waals surface area contributed by atoms with Gasteiger partial charge in [0.15, 0.2) is 0 Å². The van der Waals surface area contributed by atoms with E-state index in [2.05, 4.69) is 12.2 Å². The Hall–Kier alpha value is -0.770. The second-order valence-electron chi connectivity index (χ2n) is 5.79. The van der Waals surface area contributed by atoms with Gasteiger partial charge in [-0.15, -0.1) is 0 Å². The van der Waals surface area contributed by atoms with Crippen LogP contribution in [0, 0.1) is 11.8 Å². The standard InChI is InChI=1S/C13H25N3O/c1-10-2-3-11(8-10)9-15-12-4-6-16(7-5-12)13(14)17/h10-12,15H,2-9H2,1H3,(H2,14,17). The molecule has 4 heteroatoms. The number of carbonyl (C=O) groups excluding carboxylic acids is 1. The van der Waals surface area contributed by atoms with Crippen molar-refractivity contribution in [3.05, 3.63) is 0 Å². The van der Waals surface area contributed by atoms with Crippen molar-refractivity contribution in [1.82, 2.24) is 10.2 Å². The van der Waals surface area contributed by atoms with Crippen LogP contribution >= 0.6 is 0 Å². The molecule has 1 aliphatic heterocycles. The van der Waals surface area contributed by atoms with Gasteiger partial charge in [-0.2, -0.15) is 0 Å². The molecular weight excluding hydrogens is 214 g/mol. The molecule has 98 valence electrons. The Balaban J connectivity index is 1.63. The Morgan fingerprint density at radius 3 is 2.53 bits per heavy atom. The maximum Gasteiger partial charge on any atom is 0.314 e. The Labute approximate surface area is 104 Å². The van der Waals surface area contributed by atoms with Crippen molar-refractivity contribution in [3.63, 3.8) is 0 Å². The van der Waals surface area contributed by atoms with Gasteiger partial charge in [0.25, 0.3) is 0 Å². The molecule has 1 saturated carbocycles. The molecule has 1 heterocycles. The minimum absolute atomic E-state index is 0.270. The minimum atomic E-state index is -0.270. The molecule has 0 aromatic carbocycles. The fourth-order valence-corrected chi connectivity index (χ4v) is 3.15. The Bertz CT molecular complexity index is 261. The third kappa shape index (κ3) is 3.60. The largest absolute Gasteiger partial charge is 0.351 e. The summed E-state index contributed by atoms with van der Waals surface area (Å²) >= 11 is 0. The number of amides is 2. The van der Waals surface area contributed by atoms with E-state index >= 15 is 0 Å². The van der Waals surface area contributed by atoms with Gasteiger partial charge in [0.1, 0.15) is 0 Å². The molecule has 3 N–H and O–H groups in total. The van der Waals surface area contributed by atoms with Crippen LogP contribution in [0.15, 0.2) is 0 Å². The van der Waals surface area contributed by atoms with Crippen LogP contribution in [0.25, 0.3) is 0 Å². The Kier molecular flexibility index (Phi) is 4.26. The minimum Gasteiger partial charge on any atom is -0.351 e. The van der Waals surface area contributed by atoms with Crippen LogP contribution in [0.5, 0.6) is 0 Å². The van der Waals surface area contributed by atoms with E-state index in [1.807, 2.05) is 0 Å². The fourth-order valence-electron chi connectivity index (χ4n) is 3.15. The molecule has 0 spiro atoms. The first-order chi connectivity index (χ1) is 8.15. The highest BCUT2D eigenvalue weighted by molar-refractivity contribution is 5.72. The smallest absolute Gasteiger partial charge is 0.314 e. The summed E-state index contributed by atoms with van der Waals surface area (Å²) < 4.78 is 0. The SMILES string of the molecule is CC1CCC(CNC2CCN(C(N)=O)CC2)C1. The van der Waals surface area contributed by atoms with Crippen molar-refractivity contribution in [3.8, 4) is 0 Å².